The SMILES string of the molecule is O=C(O)C1CC2CCCCC2N1Cc1ccc(Oc2cnccn2)cc1. The predicted octanol–water partition coefficient (Wildman–Crippen LogP) is 3.49. The Morgan fingerprint density at radius 2 is 2.00 bits per heavy atom. The largest absolute Gasteiger partial charge is 0.480 e. The number of likely N-dealkylation sites (tertiary alicyclic amines) is 1. The molecule has 1 saturated heterocycles. The molecule has 1 saturated carbocycles. The first-order chi connectivity index (χ1) is 12.7. The van der Waals surface area contributed by atoms with Crippen molar-refractivity contribution in [1.29, 1.82) is 0 Å². The van der Waals surface area contributed by atoms with Crippen LogP contribution in [0, 0.1) is 5.92 Å². The van der Waals surface area contributed by atoms with Crippen molar-refractivity contribution in [2.24, 2.45) is 5.92 Å². The molecule has 2 aliphatic rings. The van der Waals surface area contributed by atoms with Crippen molar-refractivity contribution in [2.45, 2.75) is 50.7 Å². The Bertz CT molecular complexity index is 751. The van der Waals surface area contributed by atoms with Crippen LogP contribution < -0.4 is 4.74 Å². The first-order valence-corrected chi connectivity index (χ1v) is 9.22. The third kappa shape index (κ3) is 3.55. The van der Waals surface area contributed by atoms with Gasteiger partial charge in [-0.3, -0.25) is 14.7 Å². The lowest BCUT2D eigenvalue weighted by atomic mass is 9.84. The molecule has 3 atom stereocenters. The fourth-order valence-electron chi connectivity index (χ4n) is 4.36. The Labute approximate surface area is 152 Å². The molecule has 2 fully saturated rings. The van der Waals surface area contributed by atoms with Crippen molar-refractivity contribution < 1.29 is 14.6 Å². The Hall–Kier alpha value is -2.47. The Morgan fingerprint density at radius 1 is 1.19 bits per heavy atom. The van der Waals surface area contributed by atoms with Gasteiger partial charge >= 0.3 is 5.97 Å². The van der Waals surface area contributed by atoms with Gasteiger partial charge in [-0.2, -0.15) is 0 Å². The maximum atomic E-state index is 11.7. The standard InChI is InChI=1S/C20H23N3O3/c24-20(25)18-11-15-3-1-2-4-17(15)23(18)13-14-5-7-16(8-6-14)26-19-12-21-9-10-22-19/h5-10,12,15,17-18H,1-4,11,13H2,(H,24,25). The fourth-order valence-corrected chi connectivity index (χ4v) is 4.36. The van der Waals surface area contributed by atoms with E-state index in [-0.39, 0.29) is 6.04 Å². The molecule has 1 aliphatic heterocycles. The lowest BCUT2D eigenvalue weighted by molar-refractivity contribution is -0.142. The van der Waals surface area contributed by atoms with Crippen LogP contribution in [0.15, 0.2) is 42.9 Å². The number of aromatic nitrogens is 2. The number of ether oxygens (including phenoxy) is 1. The smallest absolute Gasteiger partial charge is 0.320 e. The molecule has 2 aromatic rings. The zero-order valence-electron chi connectivity index (χ0n) is 14.6. The van der Waals surface area contributed by atoms with Gasteiger partial charge in [0.25, 0.3) is 0 Å². The summed E-state index contributed by atoms with van der Waals surface area (Å²) in [5.41, 5.74) is 1.11. The van der Waals surface area contributed by atoms with Crippen molar-refractivity contribution in [3.63, 3.8) is 0 Å². The maximum absolute atomic E-state index is 11.7. The molecule has 4 rings (SSSR count). The minimum atomic E-state index is -0.693. The van der Waals surface area contributed by atoms with Crippen LogP contribution in [0.5, 0.6) is 11.6 Å². The third-order valence-electron chi connectivity index (χ3n) is 5.56. The summed E-state index contributed by atoms with van der Waals surface area (Å²) in [6, 6.07) is 7.84. The Kier molecular flexibility index (Phi) is 4.84. The highest BCUT2D eigenvalue weighted by Gasteiger charge is 2.44. The molecule has 2 heterocycles. The molecule has 0 radical (unpaired) electrons. The minimum Gasteiger partial charge on any atom is -0.480 e. The van der Waals surface area contributed by atoms with Crippen molar-refractivity contribution in [1.82, 2.24) is 14.9 Å². The van der Waals surface area contributed by atoms with Gasteiger partial charge in [0.05, 0.1) is 6.20 Å². The number of aliphatic carboxylic acids is 1. The van der Waals surface area contributed by atoms with Crippen molar-refractivity contribution in [2.75, 3.05) is 0 Å². The topological polar surface area (TPSA) is 75.5 Å². The predicted molar refractivity (Wildman–Crippen MR) is 95.9 cm³/mol. The number of rotatable bonds is 5. The molecular weight excluding hydrogens is 330 g/mol. The normalized spacial score (nSPS) is 25.6. The highest BCUT2D eigenvalue weighted by Crippen LogP contribution is 2.40. The van der Waals surface area contributed by atoms with Crippen LogP contribution in [0.1, 0.15) is 37.7 Å². The minimum absolute atomic E-state index is 0.362. The van der Waals surface area contributed by atoms with E-state index in [1.807, 2.05) is 24.3 Å². The van der Waals surface area contributed by atoms with Gasteiger partial charge in [-0.05, 0) is 42.9 Å². The van der Waals surface area contributed by atoms with Crippen LogP contribution in [-0.2, 0) is 11.3 Å². The number of benzene rings is 1. The number of carboxylic acid groups (broad SMARTS) is 1. The molecule has 1 aliphatic carbocycles. The summed E-state index contributed by atoms with van der Waals surface area (Å²) in [6.45, 7) is 0.670. The van der Waals surface area contributed by atoms with Crippen LogP contribution in [0.4, 0.5) is 0 Å². The monoisotopic (exact) mass is 353 g/mol. The van der Waals surface area contributed by atoms with Crippen molar-refractivity contribution >= 4 is 5.97 Å². The van der Waals surface area contributed by atoms with Crippen LogP contribution in [0.25, 0.3) is 0 Å². The fraction of sp³-hybridized carbons (Fsp3) is 0.450. The Morgan fingerprint density at radius 3 is 2.73 bits per heavy atom. The zero-order chi connectivity index (χ0) is 17.9. The second-order valence-electron chi connectivity index (χ2n) is 7.16. The van der Waals surface area contributed by atoms with E-state index in [0.717, 1.165) is 24.8 Å². The van der Waals surface area contributed by atoms with Crippen LogP contribution >= 0.6 is 0 Å². The van der Waals surface area contributed by atoms with E-state index < -0.39 is 5.97 Å². The molecule has 0 amide bonds. The van der Waals surface area contributed by atoms with Crippen molar-refractivity contribution in [3.8, 4) is 11.6 Å². The summed E-state index contributed by atoms with van der Waals surface area (Å²) in [7, 11) is 0. The van der Waals surface area contributed by atoms with E-state index in [0.29, 0.717) is 30.1 Å². The summed E-state index contributed by atoms with van der Waals surface area (Å²) in [4.78, 5) is 22.0. The zero-order valence-corrected chi connectivity index (χ0v) is 14.6. The van der Waals surface area contributed by atoms with E-state index in [4.69, 9.17) is 4.74 Å². The number of fused-ring (bicyclic) bond motifs is 1. The van der Waals surface area contributed by atoms with Gasteiger partial charge < -0.3 is 9.84 Å². The second-order valence-corrected chi connectivity index (χ2v) is 7.16. The number of nitrogens with zero attached hydrogens (tertiary/aromatic N) is 3. The van der Waals surface area contributed by atoms with Gasteiger partial charge in [0, 0.05) is 25.0 Å². The van der Waals surface area contributed by atoms with Gasteiger partial charge in [0.15, 0.2) is 0 Å². The molecule has 1 N–H and O–H groups in total. The first-order valence-electron chi connectivity index (χ1n) is 9.22. The average molecular weight is 353 g/mol. The summed E-state index contributed by atoms with van der Waals surface area (Å²) >= 11 is 0. The summed E-state index contributed by atoms with van der Waals surface area (Å²) in [6.07, 6.45) is 10.3. The quantitative estimate of drug-likeness (QED) is 0.887. The number of hydrogen-bond acceptors (Lipinski definition) is 5. The second kappa shape index (κ2) is 7.41. The molecule has 0 bridgehead atoms. The maximum Gasteiger partial charge on any atom is 0.320 e. The molecule has 0 spiro atoms. The summed E-state index contributed by atoms with van der Waals surface area (Å²) in [5, 5.41) is 9.64. The number of carboxylic acids is 1. The molecule has 6 nitrogen and oxygen atoms in total. The van der Waals surface area contributed by atoms with Crippen LogP contribution in [0.2, 0.25) is 0 Å². The third-order valence-corrected chi connectivity index (χ3v) is 5.56. The molecule has 1 aromatic heterocycles. The highest BCUT2D eigenvalue weighted by atomic mass is 16.5. The summed E-state index contributed by atoms with van der Waals surface area (Å²) in [5.74, 6) is 0.989. The summed E-state index contributed by atoms with van der Waals surface area (Å²) < 4.78 is 5.67. The molecule has 6 heteroatoms. The molecule has 3 unspecified atom stereocenters. The van der Waals surface area contributed by atoms with E-state index in [9.17, 15) is 9.90 Å². The average Bonchev–Trinajstić information content (AvgIpc) is 3.03. The van der Waals surface area contributed by atoms with Crippen LogP contribution in [0.3, 0.4) is 0 Å². The van der Waals surface area contributed by atoms with Gasteiger partial charge in [0.1, 0.15) is 11.8 Å². The van der Waals surface area contributed by atoms with Crippen molar-refractivity contribution in [3.05, 3.63) is 48.4 Å². The molecule has 136 valence electrons. The van der Waals surface area contributed by atoms with E-state index in [1.54, 1.807) is 18.6 Å². The molecule has 26 heavy (non-hydrogen) atoms. The van der Waals surface area contributed by atoms with Gasteiger partial charge in [-0.1, -0.05) is 25.0 Å². The number of carbonyl (C=O) groups is 1. The van der Waals surface area contributed by atoms with Gasteiger partial charge in [0.2, 0.25) is 5.88 Å². The highest BCUT2D eigenvalue weighted by molar-refractivity contribution is 5.74. The van der Waals surface area contributed by atoms with E-state index >= 15 is 0 Å². The Balaban J connectivity index is 1.46. The number of hydrogen-bond donors (Lipinski definition) is 1. The van der Waals surface area contributed by atoms with E-state index in [2.05, 4.69) is 14.9 Å². The van der Waals surface area contributed by atoms with Gasteiger partial charge in [-0.25, -0.2) is 4.98 Å². The molecule has 1 aromatic carbocycles. The lowest BCUT2D eigenvalue weighted by Gasteiger charge is -2.33. The van der Waals surface area contributed by atoms with E-state index in [1.165, 1.54) is 12.8 Å². The molecular formula is C20H23N3O3. The lowest BCUT2D eigenvalue weighted by Crippen LogP contribution is -2.41. The first kappa shape index (κ1) is 17.0. The van der Waals surface area contributed by atoms with Gasteiger partial charge in [-0.15, -0.1) is 0 Å². The van der Waals surface area contributed by atoms with Crippen LogP contribution in [-0.4, -0.2) is 38.0 Å².